The normalized spacial score (nSPS) is 9.61. The van der Waals surface area contributed by atoms with Gasteiger partial charge >= 0.3 is 5.97 Å². The third kappa shape index (κ3) is 4.01. The van der Waals surface area contributed by atoms with Gasteiger partial charge in [0.2, 0.25) is 0 Å². The molecule has 0 aliphatic carbocycles. The predicted octanol–water partition coefficient (Wildman–Crippen LogP) is 1.27. The van der Waals surface area contributed by atoms with Crippen molar-refractivity contribution in [1.82, 2.24) is 9.88 Å². The van der Waals surface area contributed by atoms with Crippen LogP contribution in [0.1, 0.15) is 17.4 Å². The van der Waals surface area contributed by atoms with Crippen LogP contribution in [0, 0.1) is 0 Å². The van der Waals surface area contributed by atoms with Crippen LogP contribution in [-0.4, -0.2) is 41.5 Å². The summed E-state index contributed by atoms with van der Waals surface area (Å²) < 4.78 is 4.82. The topological polar surface area (TPSA) is 59.5 Å². The second-order valence-corrected chi connectivity index (χ2v) is 3.49. The number of rotatable bonds is 6. The van der Waals surface area contributed by atoms with E-state index in [9.17, 15) is 9.59 Å². The summed E-state index contributed by atoms with van der Waals surface area (Å²) in [7, 11) is 0. The van der Waals surface area contributed by atoms with Crippen LogP contribution in [0.3, 0.4) is 0 Å². The van der Waals surface area contributed by atoms with E-state index in [1.54, 1.807) is 31.2 Å². The first-order chi connectivity index (χ1) is 8.69. The highest BCUT2D eigenvalue weighted by Crippen LogP contribution is 2.02. The molecule has 1 aromatic rings. The summed E-state index contributed by atoms with van der Waals surface area (Å²) in [5.41, 5.74) is 0.295. The maximum Gasteiger partial charge on any atom is 0.325 e. The zero-order valence-corrected chi connectivity index (χ0v) is 10.3. The Morgan fingerprint density at radius 3 is 2.83 bits per heavy atom. The quantitative estimate of drug-likeness (QED) is 0.562. The fourth-order valence-corrected chi connectivity index (χ4v) is 1.39. The number of esters is 1. The van der Waals surface area contributed by atoms with E-state index in [1.165, 1.54) is 11.1 Å². The van der Waals surface area contributed by atoms with Gasteiger partial charge in [-0.3, -0.25) is 14.6 Å². The largest absolute Gasteiger partial charge is 0.465 e. The molecule has 0 aromatic carbocycles. The average molecular weight is 248 g/mol. The van der Waals surface area contributed by atoms with Gasteiger partial charge in [-0.1, -0.05) is 12.1 Å². The number of carbonyl (C=O) groups excluding carboxylic acids is 2. The van der Waals surface area contributed by atoms with Crippen molar-refractivity contribution in [3.8, 4) is 0 Å². The minimum Gasteiger partial charge on any atom is -0.465 e. The van der Waals surface area contributed by atoms with Gasteiger partial charge in [0.15, 0.2) is 0 Å². The fourth-order valence-electron chi connectivity index (χ4n) is 1.39. The van der Waals surface area contributed by atoms with Crippen LogP contribution in [0.5, 0.6) is 0 Å². The molecule has 0 atom stereocenters. The second-order valence-electron chi connectivity index (χ2n) is 3.49. The Balaban J connectivity index is 2.75. The summed E-state index contributed by atoms with van der Waals surface area (Å²) in [6.45, 7) is 5.74. The van der Waals surface area contributed by atoms with Crippen LogP contribution >= 0.6 is 0 Å². The Hall–Kier alpha value is -2.17. The van der Waals surface area contributed by atoms with E-state index in [0.29, 0.717) is 12.3 Å². The number of hydrogen-bond acceptors (Lipinski definition) is 4. The molecular formula is C13H16N2O3. The standard InChI is InChI=1S/C13H16N2O3/c1-3-9-15(10-12(16)18-4-2)13(17)11-7-5-6-8-14-11/h3,5-8H,1,4,9-10H2,2H3. The molecule has 18 heavy (non-hydrogen) atoms. The number of amides is 1. The molecule has 5 nitrogen and oxygen atoms in total. The Labute approximate surface area is 106 Å². The molecule has 1 aromatic heterocycles. The molecule has 0 aliphatic rings. The molecular weight excluding hydrogens is 232 g/mol. The van der Waals surface area contributed by atoms with Crippen molar-refractivity contribution in [2.45, 2.75) is 6.92 Å². The van der Waals surface area contributed by atoms with Gasteiger partial charge in [-0.15, -0.1) is 6.58 Å². The van der Waals surface area contributed by atoms with Crippen LogP contribution in [0.25, 0.3) is 0 Å². The van der Waals surface area contributed by atoms with Crippen molar-refractivity contribution in [2.75, 3.05) is 19.7 Å². The minimum absolute atomic E-state index is 0.102. The fraction of sp³-hybridized carbons (Fsp3) is 0.308. The lowest BCUT2D eigenvalue weighted by atomic mass is 10.3. The van der Waals surface area contributed by atoms with Crippen molar-refractivity contribution in [3.63, 3.8) is 0 Å². The predicted molar refractivity (Wildman–Crippen MR) is 67.0 cm³/mol. The zero-order chi connectivity index (χ0) is 13.4. The number of ether oxygens (including phenoxy) is 1. The molecule has 0 N–H and O–H groups in total. The molecule has 0 saturated carbocycles. The summed E-state index contributed by atoms with van der Waals surface area (Å²) in [6, 6.07) is 5.04. The summed E-state index contributed by atoms with van der Waals surface area (Å²) >= 11 is 0. The third-order valence-electron chi connectivity index (χ3n) is 2.15. The number of hydrogen-bond donors (Lipinski definition) is 0. The molecule has 5 heteroatoms. The maximum absolute atomic E-state index is 12.1. The van der Waals surface area contributed by atoms with E-state index in [4.69, 9.17) is 4.74 Å². The van der Waals surface area contributed by atoms with Crippen molar-refractivity contribution in [1.29, 1.82) is 0 Å². The van der Waals surface area contributed by atoms with Gasteiger partial charge in [0.25, 0.3) is 5.91 Å². The van der Waals surface area contributed by atoms with E-state index in [1.807, 2.05) is 0 Å². The highest BCUT2D eigenvalue weighted by atomic mass is 16.5. The lowest BCUT2D eigenvalue weighted by Crippen LogP contribution is -2.37. The van der Waals surface area contributed by atoms with Crippen LogP contribution in [0.2, 0.25) is 0 Å². The first kappa shape index (κ1) is 13.9. The SMILES string of the molecule is C=CCN(CC(=O)OCC)C(=O)c1ccccn1. The average Bonchev–Trinajstić information content (AvgIpc) is 2.39. The molecule has 96 valence electrons. The summed E-state index contributed by atoms with van der Waals surface area (Å²) in [5, 5.41) is 0. The minimum atomic E-state index is -0.441. The van der Waals surface area contributed by atoms with Crippen LogP contribution < -0.4 is 0 Å². The van der Waals surface area contributed by atoms with Crippen molar-refractivity contribution in [3.05, 3.63) is 42.7 Å². The van der Waals surface area contributed by atoms with Crippen molar-refractivity contribution in [2.24, 2.45) is 0 Å². The van der Waals surface area contributed by atoms with Gasteiger partial charge in [0.05, 0.1) is 6.61 Å². The van der Waals surface area contributed by atoms with E-state index in [2.05, 4.69) is 11.6 Å². The lowest BCUT2D eigenvalue weighted by Gasteiger charge is -2.19. The molecule has 0 bridgehead atoms. The first-order valence-corrected chi connectivity index (χ1v) is 5.65. The third-order valence-corrected chi connectivity index (χ3v) is 2.15. The van der Waals surface area contributed by atoms with Gasteiger partial charge < -0.3 is 9.64 Å². The number of carbonyl (C=O) groups is 2. The Morgan fingerprint density at radius 2 is 2.28 bits per heavy atom. The van der Waals surface area contributed by atoms with Crippen LogP contribution in [0.4, 0.5) is 0 Å². The maximum atomic E-state index is 12.1. The van der Waals surface area contributed by atoms with Gasteiger partial charge in [0.1, 0.15) is 12.2 Å². The first-order valence-electron chi connectivity index (χ1n) is 5.65. The lowest BCUT2D eigenvalue weighted by molar-refractivity contribution is -0.143. The molecule has 0 unspecified atom stereocenters. The highest BCUT2D eigenvalue weighted by Gasteiger charge is 2.18. The molecule has 0 radical (unpaired) electrons. The molecule has 1 amide bonds. The summed E-state index contributed by atoms with van der Waals surface area (Å²) in [4.78, 5) is 28.8. The second kappa shape index (κ2) is 7.21. The molecule has 1 rings (SSSR count). The van der Waals surface area contributed by atoms with Gasteiger partial charge in [-0.2, -0.15) is 0 Å². The smallest absolute Gasteiger partial charge is 0.325 e. The van der Waals surface area contributed by atoms with E-state index < -0.39 is 5.97 Å². The molecule has 0 aliphatic heterocycles. The summed E-state index contributed by atoms with van der Waals surface area (Å²) in [5.74, 6) is -0.757. The summed E-state index contributed by atoms with van der Waals surface area (Å²) in [6.07, 6.45) is 3.09. The van der Waals surface area contributed by atoms with E-state index in [-0.39, 0.29) is 19.0 Å². The Kier molecular flexibility index (Phi) is 5.57. The van der Waals surface area contributed by atoms with E-state index >= 15 is 0 Å². The number of aromatic nitrogens is 1. The van der Waals surface area contributed by atoms with Gasteiger partial charge in [-0.05, 0) is 19.1 Å². The van der Waals surface area contributed by atoms with E-state index in [0.717, 1.165) is 0 Å². The Morgan fingerprint density at radius 1 is 1.50 bits per heavy atom. The van der Waals surface area contributed by atoms with Crippen LogP contribution in [0.15, 0.2) is 37.1 Å². The molecule has 0 saturated heterocycles. The van der Waals surface area contributed by atoms with Crippen molar-refractivity contribution >= 4 is 11.9 Å². The molecule has 1 heterocycles. The van der Waals surface area contributed by atoms with Crippen molar-refractivity contribution < 1.29 is 14.3 Å². The number of nitrogens with zero attached hydrogens (tertiary/aromatic N) is 2. The molecule has 0 spiro atoms. The number of pyridine rings is 1. The zero-order valence-electron chi connectivity index (χ0n) is 10.3. The van der Waals surface area contributed by atoms with Gasteiger partial charge in [-0.25, -0.2) is 0 Å². The van der Waals surface area contributed by atoms with Gasteiger partial charge in [0, 0.05) is 12.7 Å². The monoisotopic (exact) mass is 248 g/mol. The van der Waals surface area contributed by atoms with Crippen LogP contribution in [-0.2, 0) is 9.53 Å². The highest BCUT2D eigenvalue weighted by molar-refractivity contribution is 5.94. The molecule has 0 fully saturated rings. The Bertz CT molecular complexity index is 418.